The average molecular weight is 440 g/mol. The van der Waals surface area contributed by atoms with Crippen LogP contribution in [0.4, 0.5) is 10.5 Å². The SMILES string of the molecule is COC(=O)COc1ccc2c(c1)CN(C(=O)OC(C)(C)C)[C@H](C(=O)Nc1ccccc1)C2. The van der Waals surface area contributed by atoms with Crippen LogP contribution < -0.4 is 10.1 Å². The van der Waals surface area contributed by atoms with E-state index in [4.69, 9.17) is 9.47 Å². The largest absolute Gasteiger partial charge is 0.482 e. The van der Waals surface area contributed by atoms with E-state index in [1.807, 2.05) is 24.3 Å². The van der Waals surface area contributed by atoms with Crippen LogP contribution in [0.2, 0.25) is 0 Å². The number of amides is 2. The van der Waals surface area contributed by atoms with Crippen molar-refractivity contribution in [3.63, 3.8) is 0 Å². The molecule has 3 rings (SSSR count). The zero-order chi connectivity index (χ0) is 23.3. The molecular weight excluding hydrogens is 412 g/mol. The van der Waals surface area contributed by atoms with Gasteiger partial charge in [-0.2, -0.15) is 0 Å². The maximum absolute atomic E-state index is 13.1. The Morgan fingerprint density at radius 3 is 2.44 bits per heavy atom. The van der Waals surface area contributed by atoms with Crippen molar-refractivity contribution in [1.82, 2.24) is 4.90 Å². The third kappa shape index (κ3) is 6.00. The number of para-hydroxylation sites is 1. The van der Waals surface area contributed by atoms with Crippen LogP contribution in [0.3, 0.4) is 0 Å². The van der Waals surface area contributed by atoms with Crippen molar-refractivity contribution in [1.29, 1.82) is 0 Å². The molecule has 0 unspecified atom stereocenters. The lowest BCUT2D eigenvalue weighted by Gasteiger charge is -2.37. The first-order valence-electron chi connectivity index (χ1n) is 10.3. The first-order chi connectivity index (χ1) is 15.2. The van der Waals surface area contributed by atoms with Crippen LogP contribution in [-0.4, -0.2) is 48.2 Å². The van der Waals surface area contributed by atoms with Gasteiger partial charge < -0.3 is 19.5 Å². The molecule has 2 aromatic rings. The highest BCUT2D eigenvalue weighted by molar-refractivity contribution is 5.97. The molecular formula is C24H28N2O6. The summed E-state index contributed by atoms with van der Waals surface area (Å²) in [5, 5.41) is 2.88. The molecule has 1 aliphatic rings. The number of nitrogens with one attached hydrogen (secondary N) is 1. The number of ether oxygens (including phenoxy) is 3. The van der Waals surface area contributed by atoms with Crippen molar-refractivity contribution in [2.24, 2.45) is 0 Å². The zero-order valence-corrected chi connectivity index (χ0v) is 18.7. The third-order valence-corrected chi connectivity index (χ3v) is 4.86. The summed E-state index contributed by atoms with van der Waals surface area (Å²) in [6.45, 7) is 5.29. The molecule has 0 saturated heterocycles. The number of methoxy groups -OCH3 is 1. The molecule has 0 aliphatic carbocycles. The maximum atomic E-state index is 13.1. The summed E-state index contributed by atoms with van der Waals surface area (Å²) in [5.74, 6) is -0.306. The number of carbonyl (C=O) groups is 3. The minimum atomic E-state index is -0.737. The lowest BCUT2D eigenvalue weighted by atomic mass is 9.93. The molecule has 0 aromatic heterocycles. The number of nitrogens with zero attached hydrogens (tertiary/aromatic N) is 1. The van der Waals surface area contributed by atoms with E-state index in [1.54, 1.807) is 45.0 Å². The van der Waals surface area contributed by atoms with E-state index in [9.17, 15) is 14.4 Å². The summed E-state index contributed by atoms with van der Waals surface area (Å²) in [4.78, 5) is 38.8. The summed E-state index contributed by atoms with van der Waals surface area (Å²) in [6.07, 6.45) is -0.248. The monoisotopic (exact) mass is 440 g/mol. The van der Waals surface area contributed by atoms with Crippen molar-refractivity contribution in [3.8, 4) is 5.75 Å². The van der Waals surface area contributed by atoms with Gasteiger partial charge in [-0.3, -0.25) is 9.69 Å². The Hall–Kier alpha value is -3.55. The molecule has 8 heteroatoms. The predicted molar refractivity (Wildman–Crippen MR) is 118 cm³/mol. The number of hydrogen-bond acceptors (Lipinski definition) is 6. The van der Waals surface area contributed by atoms with Crippen molar-refractivity contribution in [2.75, 3.05) is 19.0 Å². The number of fused-ring (bicyclic) bond motifs is 1. The van der Waals surface area contributed by atoms with Crippen LogP contribution in [-0.2, 0) is 32.0 Å². The molecule has 0 fully saturated rings. The fraction of sp³-hybridized carbons (Fsp3) is 0.375. The molecule has 0 radical (unpaired) electrons. The highest BCUT2D eigenvalue weighted by Crippen LogP contribution is 2.29. The second kappa shape index (κ2) is 9.72. The lowest BCUT2D eigenvalue weighted by molar-refractivity contribution is -0.142. The topological polar surface area (TPSA) is 94.2 Å². The average Bonchev–Trinajstić information content (AvgIpc) is 2.75. The molecule has 0 spiro atoms. The van der Waals surface area contributed by atoms with Crippen LogP contribution in [0.25, 0.3) is 0 Å². The quantitative estimate of drug-likeness (QED) is 0.715. The van der Waals surface area contributed by atoms with Gasteiger partial charge in [-0.1, -0.05) is 24.3 Å². The minimum absolute atomic E-state index is 0.173. The summed E-state index contributed by atoms with van der Waals surface area (Å²) < 4.78 is 15.6. The summed E-state index contributed by atoms with van der Waals surface area (Å²) in [5.41, 5.74) is 1.69. The Bertz CT molecular complexity index is 984. The summed E-state index contributed by atoms with van der Waals surface area (Å²) >= 11 is 0. The van der Waals surface area contributed by atoms with Crippen LogP contribution in [0.15, 0.2) is 48.5 Å². The van der Waals surface area contributed by atoms with E-state index < -0.39 is 23.7 Å². The zero-order valence-electron chi connectivity index (χ0n) is 18.7. The van der Waals surface area contributed by atoms with Crippen LogP contribution in [0.1, 0.15) is 31.9 Å². The van der Waals surface area contributed by atoms with E-state index >= 15 is 0 Å². The third-order valence-electron chi connectivity index (χ3n) is 4.86. The van der Waals surface area contributed by atoms with Crippen molar-refractivity contribution < 1.29 is 28.6 Å². The fourth-order valence-electron chi connectivity index (χ4n) is 3.35. The van der Waals surface area contributed by atoms with Gasteiger partial charge in [0.15, 0.2) is 6.61 Å². The standard InChI is InChI=1S/C24H28N2O6/c1-24(2,3)32-23(29)26-14-17-12-19(31-15-21(27)30-4)11-10-16(17)13-20(26)22(28)25-18-8-6-5-7-9-18/h5-12,20H,13-15H2,1-4H3,(H,25,28)/t20-/m0/s1. The van der Waals surface area contributed by atoms with Crippen molar-refractivity contribution in [3.05, 3.63) is 59.7 Å². The van der Waals surface area contributed by atoms with E-state index in [-0.39, 0.29) is 19.1 Å². The van der Waals surface area contributed by atoms with E-state index in [1.165, 1.54) is 12.0 Å². The molecule has 1 aliphatic heterocycles. The summed E-state index contributed by atoms with van der Waals surface area (Å²) in [7, 11) is 1.29. The molecule has 170 valence electrons. The molecule has 8 nitrogen and oxygen atoms in total. The molecule has 2 aromatic carbocycles. The first-order valence-corrected chi connectivity index (χ1v) is 10.3. The minimum Gasteiger partial charge on any atom is -0.482 e. The molecule has 0 saturated carbocycles. The maximum Gasteiger partial charge on any atom is 0.411 e. The number of anilines is 1. The van der Waals surface area contributed by atoms with Gasteiger partial charge >= 0.3 is 12.1 Å². The number of esters is 1. The Labute approximate surface area is 187 Å². The molecule has 0 bridgehead atoms. The Morgan fingerprint density at radius 1 is 1.06 bits per heavy atom. The Kier molecular flexibility index (Phi) is 7.02. The molecule has 1 atom stereocenters. The van der Waals surface area contributed by atoms with E-state index in [0.29, 0.717) is 17.9 Å². The molecule has 1 N–H and O–H groups in total. The normalized spacial score (nSPS) is 15.4. The smallest absolute Gasteiger partial charge is 0.411 e. The van der Waals surface area contributed by atoms with Crippen LogP contribution in [0, 0.1) is 0 Å². The predicted octanol–water partition coefficient (Wildman–Crippen LogP) is 3.54. The van der Waals surface area contributed by atoms with E-state index in [2.05, 4.69) is 10.1 Å². The molecule has 32 heavy (non-hydrogen) atoms. The van der Waals surface area contributed by atoms with Crippen molar-refractivity contribution in [2.45, 2.75) is 45.4 Å². The number of rotatable bonds is 5. The van der Waals surface area contributed by atoms with Gasteiger partial charge in [0.25, 0.3) is 0 Å². The first kappa shape index (κ1) is 23.1. The fourth-order valence-corrected chi connectivity index (χ4v) is 3.35. The Balaban J connectivity index is 1.84. The van der Waals surface area contributed by atoms with E-state index in [0.717, 1.165) is 11.1 Å². The second-order valence-electron chi connectivity index (χ2n) is 8.48. The highest BCUT2D eigenvalue weighted by atomic mass is 16.6. The van der Waals surface area contributed by atoms with Gasteiger partial charge in [-0.15, -0.1) is 0 Å². The molecule has 1 heterocycles. The van der Waals surface area contributed by atoms with Gasteiger partial charge in [-0.05, 0) is 56.2 Å². The Morgan fingerprint density at radius 2 is 1.78 bits per heavy atom. The van der Waals surface area contributed by atoms with Gasteiger partial charge in [-0.25, -0.2) is 9.59 Å². The summed E-state index contributed by atoms with van der Waals surface area (Å²) in [6, 6.07) is 13.7. The number of hydrogen-bond donors (Lipinski definition) is 1. The van der Waals surface area contributed by atoms with Gasteiger partial charge in [0, 0.05) is 12.1 Å². The van der Waals surface area contributed by atoms with Crippen LogP contribution in [0.5, 0.6) is 5.75 Å². The van der Waals surface area contributed by atoms with Crippen molar-refractivity contribution >= 4 is 23.7 Å². The number of carbonyl (C=O) groups excluding carboxylic acids is 3. The van der Waals surface area contributed by atoms with Gasteiger partial charge in [0.1, 0.15) is 17.4 Å². The second-order valence-corrected chi connectivity index (χ2v) is 8.48. The lowest BCUT2D eigenvalue weighted by Crippen LogP contribution is -2.52. The van der Waals surface area contributed by atoms with Gasteiger partial charge in [0.2, 0.25) is 5.91 Å². The van der Waals surface area contributed by atoms with Crippen LogP contribution >= 0.6 is 0 Å². The number of benzene rings is 2. The highest BCUT2D eigenvalue weighted by Gasteiger charge is 2.37. The van der Waals surface area contributed by atoms with Gasteiger partial charge in [0.05, 0.1) is 13.7 Å². The molecule has 2 amide bonds.